The Bertz CT molecular complexity index is 736. The number of rotatable bonds is 2. The van der Waals surface area contributed by atoms with Gasteiger partial charge in [-0.1, -0.05) is 27.5 Å². The second-order valence-corrected chi connectivity index (χ2v) is 5.69. The van der Waals surface area contributed by atoms with E-state index in [1.165, 1.54) is 0 Å². The molecule has 108 valence electrons. The van der Waals surface area contributed by atoms with Crippen LogP contribution in [0.25, 0.3) is 0 Å². The fourth-order valence-corrected chi connectivity index (χ4v) is 2.52. The minimum Gasteiger partial charge on any atom is -0.454 e. The molecule has 0 unspecified atom stereocenters. The first-order valence-corrected chi connectivity index (χ1v) is 7.17. The van der Waals surface area contributed by atoms with Gasteiger partial charge in [-0.15, -0.1) is 0 Å². The molecule has 7 heteroatoms. The maximum atomic E-state index is 12.3. The van der Waals surface area contributed by atoms with Gasteiger partial charge in [-0.25, -0.2) is 0 Å². The van der Waals surface area contributed by atoms with E-state index in [1.54, 1.807) is 30.3 Å². The number of anilines is 2. The molecule has 0 fully saturated rings. The molecule has 2 aromatic carbocycles. The van der Waals surface area contributed by atoms with Gasteiger partial charge in [0, 0.05) is 22.3 Å². The molecule has 0 radical (unpaired) electrons. The zero-order valence-corrected chi connectivity index (χ0v) is 13.0. The van der Waals surface area contributed by atoms with Crippen LogP contribution < -0.4 is 20.5 Å². The van der Waals surface area contributed by atoms with Gasteiger partial charge in [0.2, 0.25) is 6.79 Å². The van der Waals surface area contributed by atoms with E-state index in [4.69, 9.17) is 26.8 Å². The van der Waals surface area contributed by atoms with Gasteiger partial charge >= 0.3 is 0 Å². The monoisotopic (exact) mass is 368 g/mol. The lowest BCUT2D eigenvalue weighted by molar-refractivity contribution is 0.102. The van der Waals surface area contributed by atoms with Crippen molar-refractivity contribution < 1.29 is 14.3 Å². The van der Waals surface area contributed by atoms with Crippen molar-refractivity contribution in [2.75, 3.05) is 17.8 Å². The van der Waals surface area contributed by atoms with Crippen molar-refractivity contribution in [1.82, 2.24) is 0 Å². The van der Waals surface area contributed by atoms with E-state index in [9.17, 15) is 4.79 Å². The zero-order valence-electron chi connectivity index (χ0n) is 10.7. The number of nitrogens with two attached hydrogens (primary N) is 1. The Morgan fingerprint density at radius 3 is 2.67 bits per heavy atom. The number of nitrogens with one attached hydrogen (secondary N) is 1. The highest BCUT2D eigenvalue weighted by Crippen LogP contribution is 2.39. The highest BCUT2D eigenvalue weighted by atomic mass is 79.9. The largest absolute Gasteiger partial charge is 0.454 e. The Kier molecular flexibility index (Phi) is 3.65. The maximum absolute atomic E-state index is 12.3. The standard InChI is InChI=1S/C14H10BrClN2O3/c15-7-1-2-8(10(17)3-7)14(19)18-11-5-13-12(4-9(11)16)20-6-21-13/h1-5H,6,17H2,(H,18,19). The molecule has 2 aromatic rings. The Morgan fingerprint density at radius 1 is 1.24 bits per heavy atom. The van der Waals surface area contributed by atoms with Crippen LogP contribution in [0.2, 0.25) is 5.02 Å². The summed E-state index contributed by atoms with van der Waals surface area (Å²) in [6.07, 6.45) is 0. The third-order valence-electron chi connectivity index (χ3n) is 2.97. The normalized spacial score (nSPS) is 12.3. The van der Waals surface area contributed by atoms with Crippen molar-refractivity contribution in [3.8, 4) is 11.5 Å². The highest BCUT2D eigenvalue weighted by molar-refractivity contribution is 9.10. The fourth-order valence-electron chi connectivity index (χ4n) is 1.94. The molecule has 3 rings (SSSR count). The quantitative estimate of drug-likeness (QED) is 0.792. The van der Waals surface area contributed by atoms with Crippen LogP contribution in [0.4, 0.5) is 11.4 Å². The van der Waals surface area contributed by atoms with Crippen LogP contribution in [0.15, 0.2) is 34.8 Å². The summed E-state index contributed by atoms with van der Waals surface area (Å²) in [6, 6.07) is 8.26. The van der Waals surface area contributed by atoms with Crippen molar-refractivity contribution in [3.05, 3.63) is 45.4 Å². The molecule has 0 aliphatic carbocycles. The molecule has 0 spiro atoms. The van der Waals surface area contributed by atoms with Gasteiger partial charge in [0.1, 0.15) is 0 Å². The third kappa shape index (κ3) is 2.77. The second-order valence-electron chi connectivity index (χ2n) is 4.37. The fraction of sp³-hybridized carbons (Fsp3) is 0.0714. The van der Waals surface area contributed by atoms with Crippen LogP contribution in [0, 0.1) is 0 Å². The molecule has 0 bridgehead atoms. The maximum Gasteiger partial charge on any atom is 0.257 e. The molecule has 5 nitrogen and oxygen atoms in total. The molecule has 0 saturated heterocycles. The molecular formula is C14H10BrClN2O3. The number of benzene rings is 2. The van der Waals surface area contributed by atoms with Gasteiger partial charge in [0.25, 0.3) is 5.91 Å². The number of ether oxygens (including phenoxy) is 2. The number of carbonyl (C=O) groups excluding carboxylic acids is 1. The van der Waals surface area contributed by atoms with E-state index in [1.807, 2.05) is 0 Å². The van der Waals surface area contributed by atoms with Gasteiger partial charge in [-0.05, 0) is 18.2 Å². The average molecular weight is 370 g/mol. The summed E-state index contributed by atoms with van der Waals surface area (Å²) in [5.41, 5.74) is 7.02. The van der Waals surface area contributed by atoms with Crippen molar-refractivity contribution >= 4 is 44.8 Å². The SMILES string of the molecule is Nc1cc(Br)ccc1C(=O)Nc1cc2c(cc1Cl)OCO2. The van der Waals surface area contributed by atoms with Crippen LogP contribution in [-0.4, -0.2) is 12.7 Å². The lowest BCUT2D eigenvalue weighted by atomic mass is 10.1. The van der Waals surface area contributed by atoms with Crippen LogP contribution in [0.5, 0.6) is 11.5 Å². The zero-order chi connectivity index (χ0) is 15.0. The first-order chi connectivity index (χ1) is 10.0. The lowest BCUT2D eigenvalue weighted by Crippen LogP contribution is -2.14. The third-order valence-corrected chi connectivity index (χ3v) is 3.77. The van der Waals surface area contributed by atoms with E-state index in [-0.39, 0.29) is 12.7 Å². The van der Waals surface area contributed by atoms with Gasteiger partial charge in [-0.3, -0.25) is 4.79 Å². The van der Waals surface area contributed by atoms with E-state index >= 15 is 0 Å². The lowest BCUT2D eigenvalue weighted by Gasteiger charge is -2.10. The Hall–Kier alpha value is -1.92. The summed E-state index contributed by atoms with van der Waals surface area (Å²) in [5, 5.41) is 3.08. The Morgan fingerprint density at radius 2 is 1.95 bits per heavy atom. The molecule has 1 aliphatic heterocycles. The number of halogens is 2. The van der Waals surface area contributed by atoms with Gasteiger partial charge in [0.05, 0.1) is 16.3 Å². The van der Waals surface area contributed by atoms with Gasteiger partial charge < -0.3 is 20.5 Å². The summed E-state index contributed by atoms with van der Waals surface area (Å²) in [5.74, 6) is 0.750. The molecule has 0 saturated carbocycles. The molecular weight excluding hydrogens is 360 g/mol. The van der Waals surface area contributed by atoms with Crippen molar-refractivity contribution in [2.45, 2.75) is 0 Å². The number of amides is 1. The topological polar surface area (TPSA) is 73.6 Å². The number of fused-ring (bicyclic) bond motifs is 1. The summed E-state index contributed by atoms with van der Waals surface area (Å²) in [7, 11) is 0. The number of nitrogen functional groups attached to an aromatic ring is 1. The molecule has 0 atom stereocenters. The molecule has 1 aliphatic rings. The summed E-state index contributed by atoms with van der Waals surface area (Å²) >= 11 is 9.41. The van der Waals surface area contributed by atoms with E-state index in [2.05, 4.69) is 21.2 Å². The van der Waals surface area contributed by atoms with Crippen molar-refractivity contribution in [1.29, 1.82) is 0 Å². The van der Waals surface area contributed by atoms with E-state index in [0.29, 0.717) is 33.5 Å². The smallest absolute Gasteiger partial charge is 0.257 e. The van der Waals surface area contributed by atoms with Crippen LogP contribution in [0.3, 0.4) is 0 Å². The Labute approximate surface area is 134 Å². The Balaban J connectivity index is 1.88. The predicted molar refractivity (Wildman–Crippen MR) is 84.1 cm³/mol. The molecule has 1 amide bonds. The minimum atomic E-state index is -0.347. The summed E-state index contributed by atoms with van der Waals surface area (Å²) in [4.78, 5) is 12.3. The van der Waals surface area contributed by atoms with E-state index in [0.717, 1.165) is 4.47 Å². The molecule has 21 heavy (non-hydrogen) atoms. The van der Waals surface area contributed by atoms with Crippen molar-refractivity contribution in [2.24, 2.45) is 0 Å². The van der Waals surface area contributed by atoms with Crippen LogP contribution in [-0.2, 0) is 0 Å². The highest BCUT2D eigenvalue weighted by Gasteiger charge is 2.18. The summed E-state index contributed by atoms with van der Waals surface area (Å²) in [6.45, 7) is 0.142. The number of hydrogen-bond donors (Lipinski definition) is 2. The minimum absolute atomic E-state index is 0.142. The second kappa shape index (κ2) is 5.46. The predicted octanol–water partition coefficient (Wildman–Crippen LogP) is 3.67. The van der Waals surface area contributed by atoms with Gasteiger partial charge in [-0.2, -0.15) is 0 Å². The molecule has 3 N–H and O–H groups in total. The van der Waals surface area contributed by atoms with E-state index < -0.39 is 0 Å². The van der Waals surface area contributed by atoms with Crippen LogP contribution in [0.1, 0.15) is 10.4 Å². The summed E-state index contributed by atoms with van der Waals surface area (Å²) < 4.78 is 11.3. The van der Waals surface area contributed by atoms with Gasteiger partial charge in [0.15, 0.2) is 11.5 Å². The van der Waals surface area contributed by atoms with Crippen molar-refractivity contribution in [3.63, 3.8) is 0 Å². The average Bonchev–Trinajstić information content (AvgIpc) is 2.86. The first-order valence-electron chi connectivity index (χ1n) is 6.00. The molecule has 1 heterocycles. The molecule has 0 aromatic heterocycles. The van der Waals surface area contributed by atoms with Crippen LogP contribution >= 0.6 is 27.5 Å². The number of hydrogen-bond acceptors (Lipinski definition) is 4. The first kappa shape index (κ1) is 14.0. The number of carbonyl (C=O) groups is 1.